The molecule has 0 radical (unpaired) electrons. The lowest BCUT2D eigenvalue weighted by Gasteiger charge is -2.41. The molecule has 2 aliphatic heterocycles. The van der Waals surface area contributed by atoms with Crippen molar-refractivity contribution < 1.29 is 18.5 Å². The number of rotatable bonds is 11. The Morgan fingerprint density at radius 1 is 1.27 bits per heavy atom. The third-order valence-corrected chi connectivity index (χ3v) is 8.16. The fourth-order valence-corrected chi connectivity index (χ4v) is 5.77. The fourth-order valence-electron chi connectivity index (χ4n) is 5.33. The molecule has 9 nitrogen and oxygen atoms in total. The topological polar surface area (TPSA) is 106 Å². The molecule has 1 saturated heterocycles. The van der Waals surface area contributed by atoms with Gasteiger partial charge in [-0.2, -0.15) is 5.10 Å². The summed E-state index contributed by atoms with van der Waals surface area (Å²) in [4.78, 5) is 28.2. The zero-order valence-electron chi connectivity index (χ0n) is 21.9. The van der Waals surface area contributed by atoms with Crippen LogP contribution in [-0.4, -0.2) is 63.6 Å². The number of amides is 2. The predicted molar refractivity (Wildman–Crippen MR) is 144 cm³/mol. The van der Waals surface area contributed by atoms with E-state index < -0.39 is 10.8 Å². The van der Waals surface area contributed by atoms with Crippen molar-refractivity contribution >= 4 is 34.1 Å². The Morgan fingerprint density at radius 2 is 2.05 bits per heavy atom. The fraction of sp³-hybridized carbons (Fsp3) is 0.593. The third kappa shape index (κ3) is 5.75. The van der Waals surface area contributed by atoms with E-state index in [1.165, 1.54) is 30.3 Å². The summed E-state index contributed by atoms with van der Waals surface area (Å²) in [7, 11) is -1.27. The SMILES string of the molecule is CCOC1CN(c2ccc(C3Cc4nn(CCC5CC5)c(NC(=O)CS(C)=O)c4C(=O)N3)c(CC)c2)C1. The Labute approximate surface area is 220 Å². The van der Waals surface area contributed by atoms with E-state index in [1.54, 1.807) is 4.68 Å². The number of benzene rings is 1. The Bertz CT molecular complexity index is 1200. The number of carbonyl (C=O) groups is 2. The normalized spacial score (nSPS) is 20.2. The standard InChI is InChI=1S/C27H37N5O4S/c1-4-18-12-19(31-14-20(15-31)36-5-2)8-9-21(18)22-13-23-25(27(34)28-22)26(29-24(33)16-37(3)35)32(30-23)11-10-17-6-7-17/h8-9,12,17,20,22H,4-7,10-11,13-16H2,1-3H3,(H,28,34)(H,29,33). The molecule has 0 spiro atoms. The highest BCUT2D eigenvalue weighted by Crippen LogP contribution is 2.36. The minimum atomic E-state index is -1.27. The number of anilines is 2. The van der Waals surface area contributed by atoms with Gasteiger partial charge in [0.05, 0.1) is 17.8 Å². The lowest BCUT2D eigenvalue weighted by molar-refractivity contribution is -0.113. The first-order chi connectivity index (χ1) is 17.9. The number of fused-ring (bicyclic) bond motifs is 1. The van der Waals surface area contributed by atoms with Crippen LogP contribution in [0, 0.1) is 5.92 Å². The quantitative estimate of drug-likeness (QED) is 0.466. The number of carbonyl (C=O) groups excluding carboxylic acids is 2. The van der Waals surface area contributed by atoms with E-state index in [0.29, 0.717) is 42.1 Å². The van der Waals surface area contributed by atoms with Crippen LogP contribution in [0.5, 0.6) is 0 Å². The summed E-state index contributed by atoms with van der Waals surface area (Å²) in [5.74, 6) is 0.407. The molecular weight excluding hydrogens is 490 g/mol. The van der Waals surface area contributed by atoms with Gasteiger partial charge < -0.3 is 20.3 Å². The summed E-state index contributed by atoms with van der Waals surface area (Å²) in [6.07, 6.45) is 6.62. The Kier molecular flexibility index (Phi) is 7.67. The van der Waals surface area contributed by atoms with E-state index in [2.05, 4.69) is 40.7 Å². The molecule has 37 heavy (non-hydrogen) atoms. The summed E-state index contributed by atoms with van der Waals surface area (Å²) in [5.41, 5.74) is 4.62. The maximum atomic E-state index is 13.4. The van der Waals surface area contributed by atoms with Gasteiger partial charge in [-0.3, -0.25) is 13.8 Å². The highest BCUT2D eigenvalue weighted by molar-refractivity contribution is 7.85. The van der Waals surface area contributed by atoms with Crippen molar-refractivity contribution in [2.75, 3.05) is 41.9 Å². The van der Waals surface area contributed by atoms with Gasteiger partial charge in [0.15, 0.2) is 0 Å². The zero-order chi connectivity index (χ0) is 26.1. The van der Waals surface area contributed by atoms with Crippen molar-refractivity contribution in [2.24, 2.45) is 5.92 Å². The van der Waals surface area contributed by atoms with Crippen LogP contribution in [0.15, 0.2) is 18.2 Å². The molecule has 2 aromatic rings. The second-order valence-corrected chi connectivity index (χ2v) is 11.8. The molecule has 1 saturated carbocycles. The van der Waals surface area contributed by atoms with Gasteiger partial charge in [-0.25, -0.2) is 4.68 Å². The molecule has 200 valence electrons. The van der Waals surface area contributed by atoms with Crippen LogP contribution in [0.4, 0.5) is 11.5 Å². The average molecular weight is 528 g/mol. The van der Waals surface area contributed by atoms with Crippen LogP contribution in [0.1, 0.15) is 66.3 Å². The number of ether oxygens (including phenoxy) is 1. The van der Waals surface area contributed by atoms with Crippen LogP contribution in [0.3, 0.4) is 0 Å². The zero-order valence-corrected chi connectivity index (χ0v) is 22.7. The van der Waals surface area contributed by atoms with Crippen molar-refractivity contribution in [3.8, 4) is 0 Å². The number of aryl methyl sites for hydroxylation is 2. The van der Waals surface area contributed by atoms with Crippen LogP contribution < -0.4 is 15.5 Å². The Balaban J connectivity index is 1.38. The number of hydrogen-bond acceptors (Lipinski definition) is 6. The molecule has 2 unspecified atom stereocenters. The number of aromatic nitrogens is 2. The van der Waals surface area contributed by atoms with E-state index >= 15 is 0 Å². The van der Waals surface area contributed by atoms with Crippen molar-refractivity contribution in [2.45, 2.75) is 64.6 Å². The van der Waals surface area contributed by atoms with Crippen LogP contribution in [-0.2, 0) is 39.7 Å². The first-order valence-corrected chi connectivity index (χ1v) is 15.1. The smallest absolute Gasteiger partial charge is 0.257 e. The minimum absolute atomic E-state index is 0.110. The van der Waals surface area contributed by atoms with E-state index in [0.717, 1.165) is 38.1 Å². The summed E-state index contributed by atoms with van der Waals surface area (Å²) >= 11 is 0. The summed E-state index contributed by atoms with van der Waals surface area (Å²) in [6, 6.07) is 6.30. The predicted octanol–water partition coefficient (Wildman–Crippen LogP) is 2.81. The van der Waals surface area contributed by atoms with Crippen molar-refractivity contribution in [3.05, 3.63) is 40.6 Å². The molecule has 2 atom stereocenters. The lowest BCUT2D eigenvalue weighted by Crippen LogP contribution is -2.52. The van der Waals surface area contributed by atoms with E-state index in [-0.39, 0.29) is 23.6 Å². The van der Waals surface area contributed by atoms with Gasteiger partial charge in [0.1, 0.15) is 17.1 Å². The van der Waals surface area contributed by atoms with Crippen LogP contribution >= 0.6 is 0 Å². The summed E-state index contributed by atoms with van der Waals surface area (Å²) in [5, 5.41) is 10.8. The van der Waals surface area contributed by atoms with E-state index in [4.69, 9.17) is 9.84 Å². The summed E-state index contributed by atoms with van der Waals surface area (Å²) in [6.45, 7) is 7.35. The molecule has 1 aromatic carbocycles. The molecule has 2 N–H and O–H groups in total. The minimum Gasteiger partial charge on any atom is -0.375 e. The van der Waals surface area contributed by atoms with Crippen molar-refractivity contribution in [1.82, 2.24) is 15.1 Å². The van der Waals surface area contributed by atoms with Gasteiger partial charge >= 0.3 is 0 Å². The van der Waals surface area contributed by atoms with Crippen molar-refractivity contribution in [3.63, 3.8) is 0 Å². The van der Waals surface area contributed by atoms with E-state index in [1.807, 2.05) is 6.92 Å². The highest BCUT2D eigenvalue weighted by atomic mass is 32.2. The molecule has 0 bridgehead atoms. The van der Waals surface area contributed by atoms with Gasteiger partial charge in [0.2, 0.25) is 5.91 Å². The maximum Gasteiger partial charge on any atom is 0.257 e. The van der Waals surface area contributed by atoms with Gasteiger partial charge in [0.25, 0.3) is 5.91 Å². The molecule has 10 heteroatoms. The largest absolute Gasteiger partial charge is 0.375 e. The first-order valence-electron chi connectivity index (χ1n) is 13.4. The molecule has 5 rings (SSSR count). The number of nitrogens with zero attached hydrogens (tertiary/aromatic N) is 3. The van der Waals surface area contributed by atoms with Crippen LogP contribution in [0.25, 0.3) is 0 Å². The number of nitrogens with one attached hydrogen (secondary N) is 2. The van der Waals surface area contributed by atoms with Crippen LogP contribution in [0.2, 0.25) is 0 Å². The van der Waals surface area contributed by atoms with Gasteiger partial charge in [0, 0.05) is 55.4 Å². The average Bonchev–Trinajstić information content (AvgIpc) is 3.60. The summed E-state index contributed by atoms with van der Waals surface area (Å²) < 4.78 is 19.0. The molecule has 3 heterocycles. The van der Waals surface area contributed by atoms with Gasteiger partial charge in [-0.1, -0.05) is 25.8 Å². The highest BCUT2D eigenvalue weighted by Gasteiger charge is 2.35. The lowest BCUT2D eigenvalue weighted by atomic mass is 9.90. The van der Waals surface area contributed by atoms with Gasteiger partial charge in [-0.05, 0) is 48.9 Å². The molecule has 1 aliphatic carbocycles. The second-order valence-electron chi connectivity index (χ2n) is 10.3. The second kappa shape index (κ2) is 10.9. The van der Waals surface area contributed by atoms with Gasteiger partial charge in [-0.15, -0.1) is 0 Å². The van der Waals surface area contributed by atoms with E-state index in [9.17, 15) is 13.8 Å². The monoisotopic (exact) mass is 527 g/mol. The first kappa shape index (κ1) is 25.9. The molecular formula is C27H37N5O4S. The Hall–Kier alpha value is -2.72. The third-order valence-electron chi connectivity index (χ3n) is 7.49. The number of hydrogen-bond donors (Lipinski definition) is 2. The maximum absolute atomic E-state index is 13.4. The molecule has 2 amide bonds. The molecule has 2 fully saturated rings. The molecule has 1 aromatic heterocycles. The Morgan fingerprint density at radius 3 is 2.73 bits per heavy atom. The van der Waals surface area contributed by atoms with Crippen molar-refractivity contribution in [1.29, 1.82) is 0 Å². The molecule has 3 aliphatic rings.